The highest BCUT2D eigenvalue weighted by atomic mass is 27.0. The number of unbranched alkanes of at least 4 members (excludes halogenated alkanes) is 1. The van der Waals surface area contributed by atoms with E-state index in [2.05, 4.69) is 6.92 Å². The number of hydrogen-bond donors (Lipinski definition) is 1. The maximum atomic E-state index is 10.8. The molecule has 4 heteroatoms. The second-order valence-electron chi connectivity index (χ2n) is 3.00. The van der Waals surface area contributed by atoms with Crippen LogP contribution in [0.15, 0.2) is 24.3 Å². The Hall–Kier alpha value is -0.978. The molecule has 0 saturated carbocycles. The average Bonchev–Trinajstić information content (AvgIpc) is 2.19. The number of carboxylic acid groups (broad SMARTS) is 1. The first-order valence-electron chi connectivity index (χ1n) is 4.70. The molecule has 0 aliphatic heterocycles. The number of carbonyl (C=O) groups is 1. The Labute approximate surface area is 100 Å². The van der Waals surface area contributed by atoms with Gasteiger partial charge in [0.15, 0.2) is 17.4 Å². The minimum absolute atomic E-state index is 0. The van der Waals surface area contributed by atoms with Gasteiger partial charge in [0.1, 0.15) is 11.3 Å². The summed E-state index contributed by atoms with van der Waals surface area (Å²) in [5.74, 6) is -0.495. The van der Waals surface area contributed by atoms with Crippen molar-refractivity contribution in [1.82, 2.24) is 0 Å². The zero-order chi connectivity index (χ0) is 10.4. The maximum absolute atomic E-state index is 10.8. The van der Waals surface area contributed by atoms with Gasteiger partial charge in [-0.1, -0.05) is 25.5 Å². The Balaban J connectivity index is 0.00000196. The zero-order valence-corrected chi connectivity index (χ0v) is 8.19. The third kappa shape index (κ3) is 4.37. The van der Waals surface area contributed by atoms with E-state index in [4.69, 9.17) is 9.84 Å². The van der Waals surface area contributed by atoms with Crippen molar-refractivity contribution < 1.29 is 14.6 Å². The van der Waals surface area contributed by atoms with Crippen LogP contribution in [0.2, 0.25) is 0 Å². The van der Waals surface area contributed by atoms with Crippen molar-refractivity contribution >= 4 is 23.3 Å². The molecule has 1 aromatic carbocycles. The molecule has 82 valence electrons. The SMILES string of the molecule is CCCCOc1ccccc1C(=O)O.[AlH3]. The molecule has 0 fully saturated rings. The predicted molar refractivity (Wildman–Crippen MR) is 63.7 cm³/mol. The summed E-state index contributed by atoms with van der Waals surface area (Å²) < 4.78 is 5.36. The van der Waals surface area contributed by atoms with E-state index in [1.807, 2.05) is 0 Å². The number of rotatable bonds is 5. The normalized spacial score (nSPS) is 9.13. The van der Waals surface area contributed by atoms with Crippen molar-refractivity contribution in [3.8, 4) is 5.75 Å². The van der Waals surface area contributed by atoms with Crippen molar-refractivity contribution in [2.24, 2.45) is 0 Å². The van der Waals surface area contributed by atoms with Crippen LogP contribution in [-0.4, -0.2) is 35.0 Å². The Kier molecular flexibility index (Phi) is 6.85. The van der Waals surface area contributed by atoms with Crippen molar-refractivity contribution in [3.05, 3.63) is 29.8 Å². The van der Waals surface area contributed by atoms with Gasteiger partial charge in [-0.25, -0.2) is 4.79 Å². The van der Waals surface area contributed by atoms with Crippen LogP contribution in [0.5, 0.6) is 5.75 Å². The Morgan fingerprint density at radius 1 is 1.40 bits per heavy atom. The highest BCUT2D eigenvalue weighted by Crippen LogP contribution is 2.17. The van der Waals surface area contributed by atoms with Gasteiger partial charge in [-0.15, -0.1) is 0 Å². The molecule has 1 rings (SSSR count). The lowest BCUT2D eigenvalue weighted by molar-refractivity contribution is 0.0692. The standard InChI is InChI=1S/C11H14O3.Al.3H/c1-2-3-8-14-10-7-5-4-6-9(10)11(12)13;;;;/h4-7H,2-3,8H2,1H3,(H,12,13);;;;. The van der Waals surface area contributed by atoms with Gasteiger partial charge in [0, 0.05) is 0 Å². The number of ether oxygens (including phenoxy) is 1. The second kappa shape index (κ2) is 7.33. The first-order valence-corrected chi connectivity index (χ1v) is 4.70. The van der Waals surface area contributed by atoms with Crippen LogP contribution < -0.4 is 4.74 Å². The maximum Gasteiger partial charge on any atom is 0.339 e. The summed E-state index contributed by atoms with van der Waals surface area (Å²) in [6.07, 6.45) is 1.98. The summed E-state index contributed by atoms with van der Waals surface area (Å²) in [5.41, 5.74) is 0.226. The van der Waals surface area contributed by atoms with E-state index in [1.165, 1.54) is 0 Å². The first kappa shape index (κ1) is 14.0. The molecule has 0 unspecified atom stereocenters. The molecule has 0 aliphatic rings. The Bertz CT molecular complexity index is 312. The van der Waals surface area contributed by atoms with Crippen LogP contribution in [0.25, 0.3) is 0 Å². The lowest BCUT2D eigenvalue weighted by Crippen LogP contribution is -2.03. The van der Waals surface area contributed by atoms with E-state index < -0.39 is 5.97 Å². The third-order valence-corrected chi connectivity index (χ3v) is 1.87. The molecule has 0 heterocycles. The predicted octanol–water partition coefficient (Wildman–Crippen LogP) is 1.38. The highest BCUT2D eigenvalue weighted by molar-refractivity contribution is 5.90. The Morgan fingerprint density at radius 2 is 2.07 bits per heavy atom. The summed E-state index contributed by atoms with van der Waals surface area (Å²) >= 11 is 0. The number of carboxylic acids is 1. The van der Waals surface area contributed by atoms with Gasteiger partial charge in [-0.05, 0) is 18.6 Å². The lowest BCUT2D eigenvalue weighted by atomic mass is 10.2. The van der Waals surface area contributed by atoms with Crippen molar-refractivity contribution in [2.45, 2.75) is 19.8 Å². The van der Waals surface area contributed by atoms with E-state index in [1.54, 1.807) is 24.3 Å². The molecule has 1 aromatic rings. The molecule has 1 N–H and O–H groups in total. The molecule has 15 heavy (non-hydrogen) atoms. The van der Waals surface area contributed by atoms with E-state index >= 15 is 0 Å². The number of hydrogen-bond acceptors (Lipinski definition) is 2. The number of benzene rings is 1. The van der Waals surface area contributed by atoms with Gasteiger partial charge in [0.2, 0.25) is 0 Å². The van der Waals surface area contributed by atoms with Gasteiger partial charge in [0.25, 0.3) is 0 Å². The zero-order valence-electron chi connectivity index (χ0n) is 8.19. The fraction of sp³-hybridized carbons (Fsp3) is 0.364. The van der Waals surface area contributed by atoms with Crippen molar-refractivity contribution in [3.63, 3.8) is 0 Å². The third-order valence-electron chi connectivity index (χ3n) is 1.87. The van der Waals surface area contributed by atoms with Crippen LogP contribution in [0.4, 0.5) is 0 Å². The van der Waals surface area contributed by atoms with Gasteiger partial charge >= 0.3 is 5.97 Å². The molecule has 0 saturated heterocycles. The summed E-state index contributed by atoms with van der Waals surface area (Å²) in [6.45, 7) is 2.63. The second-order valence-corrected chi connectivity index (χ2v) is 3.00. The average molecular weight is 224 g/mol. The largest absolute Gasteiger partial charge is 0.493 e. The molecular formula is C11H17AlO3. The molecular weight excluding hydrogens is 207 g/mol. The topological polar surface area (TPSA) is 46.5 Å². The van der Waals surface area contributed by atoms with E-state index in [9.17, 15) is 4.79 Å². The molecule has 0 aliphatic carbocycles. The Morgan fingerprint density at radius 3 is 2.67 bits per heavy atom. The molecule has 0 aromatic heterocycles. The van der Waals surface area contributed by atoms with E-state index in [0.717, 1.165) is 12.8 Å². The van der Waals surface area contributed by atoms with Gasteiger partial charge in [0.05, 0.1) is 6.61 Å². The number of aromatic carboxylic acids is 1. The summed E-state index contributed by atoms with van der Waals surface area (Å²) in [4.78, 5) is 10.8. The molecule has 3 nitrogen and oxygen atoms in total. The molecule has 0 spiro atoms. The fourth-order valence-electron chi connectivity index (χ4n) is 1.10. The van der Waals surface area contributed by atoms with Crippen LogP contribution in [0.3, 0.4) is 0 Å². The first-order chi connectivity index (χ1) is 6.75. The van der Waals surface area contributed by atoms with Crippen LogP contribution in [-0.2, 0) is 0 Å². The minimum Gasteiger partial charge on any atom is -0.493 e. The minimum atomic E-state index is -0.947. The monoisotopic (exact) mass is 224 g/mol. The molecule has 0 bridgehead atoms. The van der Waals surface area contributed by atoms with Gasteiger partial charge < -0.3 is 9.84 Å². The summed E-state index contributed by atoms with van der Waals surface area (Å²) in [6, 6.07) is 6.69. The lowest BCUT2D eigenvalue weighted by Gasteiger charge is -2.07. The van der Waals surface area contributed by atoms with Crippen molar-refractivity contribution in [1.29, 1.82) is 0 Å². The van der Waals surface area contributed by atoms with Crippen LogP contribution in [0, 0.1) is 0 Å². The van der Waals surface area contributed by atoms with Gasteiger partial charge in [-0.2, -0.15) is 0 Å². The number of para-hydroxylation sites is 1. The molecule has 0 atom stereocenters. The molecule has 0 radical (unpaired) electrons. The smallest absolute Gasteiger partial charge is 0.339 e. The quantitative estimate of drug-likeness (QED) is 0.607. The van der Waals surface area contributed by atoms with E-state index in [-0.39, 0.29) is 22.9 Å². The van der Waals surface area contributed by atoms with E-state index in [0.29, 0.717) is 12.4 Å². The highest BCUT2D eigenvalue weighted by Gasteiger charge is 2.09. The van der Waals surface area contributed by atoms with Crippen molar-refractivity contribution in [2.75, 3.05) is 6.61 Å². The fourth-order valence-corrected chi connectivity index (χ4v) is 1.10. The van der Waals surface area contributed by atoms with Crippen LogP contribution >= 0.6 is 0 Å². The summed E-state index contributed by atoms with van der Waals surface area (Å²) in [5, 5.41) is 8.84. The molecule has 0 amide bonds. The summed E-state index contributed by atoms with van der Waals surface area (Å²) in [7, 11) is 0. The van der Waals surface area contributed by atoms with Gasteiger partial charge in [-0.3, -0.25) is 0 Å². The van der Waals surface area contributed by atoms with Crippen LogP contribution in [0.1, 0.15) is 30.1 Å².